The van der Waals surface area contributed by atoms with Gasteiger partial charge in [0.15, 0.2) is 5.78 Å². The number of rotatable bonds is 5. The fraction of sp³-hybridized carbons (Fsp3) is 0.417. The Hall–Kier alpha value is -1.38. The molecule has 0 saturated carbocycles. The minimum Gasteiger partial charge on any atom is -0.493 e. The molecule has 3 heteroatoms. The number of carbonyl (C=O) groups is 1. The molecule has 0 fully saturated rings. The standard InChI is InChI=1S/C12H15FO2/c1-9-8-11(10(2)14)4-5-12(9)15-7-3-6-13/h4-5,8H,3,6-7H2,1-2H3. The second kappa shape index (κ2) is 5.49. The summed E-state index contributed by atoms with van der Waals surface area (Å²) in [5.74, 6) is 0.752. The van der Waals surface area contributed by atoms with Crippen LogP contribution in [-0.2, 0) is 0 Å². The summed E-state index contributed by atoms with van der Waals surface area (Å²) >= 11 is 0. The number of carbonyl (C=O) groups excluding carboxylic acids is 1. The molecule has 0 bridgehead atoms. The summed E-state index contributed by atoms with van der Waals surface area (Å²) < 4.78 is 17.2. The van der Waals surface area contributed by atoms with Crippen molar-refractivity contribution in [1.29, 1.82) is 0 Å². The molecule has 0 heterocycles. The van der Waals surface area contributed by atoms with Gasteiger partial charge in [-0.05, 0) is 37.6 Å². The minimum atomic E-state index is -0.370. The van der Waals surface area contributed by atoms with Crippen LogP contribution in [0.2, 0.25) is 0 Å². The SMILES string of the molecule is CC(=O)c1ccc(OCCCF)c(C)c1. The number of Topliss-reactive ketones (excluding diaryl/α,β-unsaturated/α-hetero) is 1. The average molecular weight is 210 g/mol. The highest BCUT2D eigenvalue weighted by Gasteiger charge is 2.03. The fourth-order valence-electron chi connectivity index (χ4n) is 1.27. The quantitative estimate of drug-likeness (QED) is 0.551. The molecule has 1 aromatic carbocycles. The summed E-state index contributed by atoms with van der Waals surface area (Å²) in [6.07, 6.45) is 0.397. The lowest BCUT2D eigenvalue weighted by atomic mass is 10.1. The van der Waals surface area contributed by atoms with Crippen molar-refractivity contribution >= 4 is 5.78 Å². The highest BCUT2D eigenvalue weighted by molar-refractivity contribution is 5.94. The first-order valence-electron chi connectivity index (χ1n) is 4.95. The maximum atomic E-state index is 11.8. The van der Waals surface area contributed by atoms with Crippen molar-refractivity contribution in [2.45, 2.75) is 20.3 Å². The van der Waals surface area contributed by atoms with Gasteiger partial charge in [-0.1, -0.05) is 0 Å². The zero-order valence-corrected chi connectivity index (χ0v) is 9.05. The van der Waals surface area contributed by atoms with Crippen molar-refractivity contribution < 1.29 is 13.9 Å². The van der Waals surface area contributed by atoms with Gasteiger partial charge in [0.2, 0.25) is 0 Å². The topological polar surface area (TPSA) is 26.3 Å². The monoisotopic (exact) mass is 210 g/mol. The van der Waals surface area contributed by atoms with E-state index in [1.807, 2.05) is 6.92 Å². The Bertz CT molecular complexity index is 347. The van der Waals surface area contributed by atoms with Crippen LogP contribution in [0.1, 0.15) is 29.3 Å². The van der Waals surface area contributed by atoms with E-state index in [0.29, 0.717) is 24.3 Å². The molecule has 15 heavy (non-hydrogen) atoms. The van der Waals surface area contributed by atoms with Crippen molar-refractivity contribution in [1.82, 2.24) is 0 Å². The van der Waals surface area contributed by atoms with Crippen LogP contribution in [0.3, 0.4) is 0 Å². The first kappa shape index (κ1) is 11.7. The molecule has 0 atom stereocenters. The molecule has 0 unspecified atom stereocenters. The van der Waals surface area contributed by atoms with Gasteiger partial charge in [0.25, 0.3) is 0 Å². The minimum absolute atomic E-state index is 0.0356. The third kappa shape index (κ3) is 3.35. The van der Waals surface area contributed by atoms with E-state index in [-0.39, 0.29) is 12.5 Å². The Kier molecular flexibility index (Phi) is 4.28. The van der Waals surface area contributed by atoms with Crippen LogP contribution in [0.5, 0.6) is 5.75 Å². The molecule has 0 aliphatic rings. The van der Waals surface area contributed by atoms with E-state index in [0.717, 1.165) is 5.56 Å². The van der Waals surface area contributed by atoms with E-state index in [1.54, 1.807) is 18.2 Å². The number of hydrogen-bond donors (Lipinski definition) is 0. The molecule has 0 radical (unpaired) electrons. The molecule has 0 saturated heterocycles. The summed E-state index contributed by atoms with van der Waals surface area (Å²) in [6, 6.07) is 5.26. The van der Waals surface area contributed by atoms with Gasteiger partial charge in [0.1, 0.15) is 5.75 Å². The Labute approximate surface area is 89.1 Å². The highest BCUT2D eigenvalue weighted by atomic mass is 19.1. The smallest absolute Gasteiger partial charge is 0.159 e. The molecule has 2 nitrogen and oxygen atoms in total. The molecule has 0 aliphatic heterocycles. The van der Waals surface area contributed by atoms with E-state index in [1.165, 1.54) is 6.92 Å². The molecule has 0 N–H and O–H groups in total. The third-order valence-corrected chi connectivity index (χ3v) is 2.12. The zero-order chi connectivity index (χ0) is 11.3. The molecule has 1 rings (SSSR count). The first-order chi connectivity index (χ1) is 7.15. The summed E-state index contributed by atoms with van der Waals surface area (Å²) in [6.45, 7) is 3.40. The lowest BCUT2D eigenvalue weighted by Crippen LogP contribution is -2.01. The van der Waals surface area contributed by atoms with Crippen LogP contribution in [0.25, 0.3) is 0 Å². The van der Waals surface area contributed by atoms with Crippen LogP contribution in [0, 0.1) is 6.92 Å². The summed E-state index contributed by atoms with van der Waals surface area (Å²) in [5, 5.41) is 0. The second-order valence-corrected chi connectivity index (χ2v) is 3.43. The fourth-order valence-corrected chi connectivity index (χ4v) is 1.27. The van der Waals surface area contributed by atoms with Crippen molar-refractivity contribution in [2.75, 3.05) is 13.3 Å². The lowest BCUT2D eigenvalue weighted by molar-refractivity contribution is 0.101. The van der Waals surface area contributed by atoms with Gasteiger partial charge in [-0.2, -0.15) is 0 Å². The Balaban J connectivity index is 2.70. The number of hydrogen-bond acceptors (Lipinski definition) is 2. The van der Waals surface area contributed by atoms with E-state index in [9.17, 15) is 9.18 Å². The van der Waals surface area contributed by atoms with E-state index >= 15 is 0 Å². The molecule has 0 amide bonds. The summed E-state index contributed by atoms with van der Waals surface area (Å²) in [4.78, 5) is 11.1. The summed E-state index contributed by atoms with van der Waals surface area (Å²) in [7, 11) is 0. The molecule has 0 aliphatic carbocycles. The van der Waals surface area contributed by atoms with Crippen LogP contribution in [0.15, 0.2) is 18.2 Å². The maximum absolute atomic E-state index is 11.8. The van der Waals surface area contributed by atoms with Gasteiger partial charge < -0.3 is 4.74 Å². The van der Waals surface area contributed by atoms with E-state index < -0.39 is 0 Å². The summed E-state index contributed by atoms with van der Waals surface area (Å²) in [5.41, 5.74) is 1.58. The molecule has 0 spiro atoms. The Morgan fingerprint density at radius 1 is 1.47 bits per heavy atom. The highest BCUT2D eigenvalue weighted by Crippen LogP contribution is 2.19. The predicted molar refractivity (Wildman–Crippen MR) is 57.3 cm³/mol. The second-order valence-electron chi connectivity index (χ2n) is 3.43. The Morgan fingerprint density at radius 2 is 2.20 bits per heavy atom. The van der Waals surface area contributed by atoms with Crippen molar-refractivity contribution in [3.8, 4) is 5.75 Å². The van der Waals surface area contributed by atoms with Gasteiger partial charge in [0.05, 0.1) is 13.3 Å². The largest absolute Gasteiger partial charge is 0.493 e. The number of benzene rings is 1. The normalized spacial score (nSPS) is 10.1. The van der Waals surface area contributed by atoms with E-state index in [4.69, 9.17) is 4.74 Å². The zero-order valence-electron chi connectivity index (χ0n) is 9.05. The van der Waals surface area contributed by atoms with Gasteiger partial charge in [-0.15, -0.1) is 0 Å². The lowest BCUT2D eigenvalue weighted by Gasteiger charge is -2.08. The van der Waals surface area contributed by atoms with Crippen molar-refractivity contribution in [3.63, 3.8) is 0 Å². The van der Waals surface area contributed by atoms with Crippen molar-refractivity contribution in [2.24, 2.45) is 0 Å². The van der Waals surface area contributed by atoms with Crippen molar-refractivity contribution in [3.05, 3.63) is 29.3 Å². The average Bonchev–Trinajstić information content (AvgIpc) is 2.20. The Morgan fingerprint density at radius 3 is 2.73 bits per heavy atom. The van der Waals surface area contributed by atoms with Gasteiger partial charge in [-0.3, -0.25) is 9.18 Å². The number of alkyl halides is 1. The predicted octanol–water partition coefficient (Wildman–Crippen LogP) is 2.94. The van der Waals surface area contributed by atoms with Crippen LogP contribution in [-0.4, -0.2) is 19.1 Å². The molecule has 0 aromatic heterocycles. The maximum Gasteiger partial charge on any atom is 0.159 e. The van der Waals surface area contributed by atoms with E-state index in [2.05, 4.69) is 0 Å². The van der Waals surface area contributed by atoms with Crippen LogP contribution < -0.4 is 4.74 Å². The molecular formula is C12H15FO2. The third-order valence-electron chi connectivity index (χ3n) is 2.12. The number of halogens is 1. The molecule has 82 valence electrons. The number of ketones is 1. The number of ether oxygens (including phenoxy) is 1. The number of aryl methyl sites for hydroxylation is 1. The van der Waals surface area contributed by atoms with Crippen LogP contribution in [0.4, 0.5) is 4.39 Å². The first-order valence-corrected chi connectivity index (χ1v) is 4.95. The van der Waals surface area contributed by atoms with Crippen LogP contribution >= 0.6 is 0 Å². The molecular weight excluding hydrogens is 195 g/mol. The van der Waals surface area contributed by atoms with Gasteiger partial charge in [-0.25, -0.2) is 0 Å². The van der Waals surface area contributed by atoms with Gasteiger partial charge in [0, 0.05) is 12.0 Å². The van der Waals surface area contributed by atoms with Gasteiger partial charge >= 0.3 is 0 Å². The molecule has 1 aromatic rings.